The van der Waals surface area contributed by atoms with Crippen LogP contribution in [0.1, 0.15) is 47.0 Å². The van der Waals surface area contributed by atoms with Crippen molar-refractivity contribution in [2.75, 3.05) is 13.1 Å². The average Bonchev–Trinajstić information content (AvgIpc) is 2.44. The van der Waals surface area contributed by atoms with E-state index in [1.807, 2.05) is 27.7 Å². The fraction of sp³-hybridized carbons (Fsp3) is 1.00. The molecule has 0 spiro atoms. The van der Waals surface area contributed by atoms with Gasteiger partial charge in [0.05, 0.1) is 5.92 Å². The van der Waals surface area contributed by atoms with Gasteiger partial charge in [-0.1, -0.05) is 13.8 Å². The zero-order valence-electron chi connectivity index (χ0n) is 10.8. The van der Waals surface area contributed by atoms with Gasteiger partial charge in [-0.2, -0.15) is 13.2 Å². The Balaban J connectivity index is 0.00000106. The van der Waals surface area contributed by atoms with E-state index in [4.69, 9.17) is 0 Å². The van der Waals surface area contributed by atoms with Crippen LogP contribution in [0.25, 0.3) is 0 Å². The van der Waals surface area contributed by atoms with Crippen LogP contribution >= 0.6 is 0 Å². The molecule has 0 aromatic rings. The van der Waals surface area contributed by atoms with Gasteiger partial charge in [0, 0.05) is 6.04 Å². The van der Waals surface area contributed by atoms with Crippen LogP contribution < -0.4 is 0 Å². The molecule has 16 heavy (non-hydrogen) atoms. The summed E-state index contributed by atoms with van der Waals surface area (Å²) in [4.78, 5) is 2.13. The van der Waals surface area contributed by atoms with Gasteiger partial charge in [0.15, 0.2) is 0 Å². The molecule has 0 aliphatic carbocycles. The van der Waals surface area contributed by atoms with Gasteiger partial charge >= 0.3 is 6.18 Å². The number of hydrogen-bond acceptors (Lipinski definition) is 1. The van der Waals surface area contributed by atoms with Gasteiger partial charge in [-0.25, -0.2) is 0 Å². The number of alkyl halides is 3. The predicted molar refractivity (Wildman–Crippen MR) is 61.5 cm³/mol. The SMILES string of the molecule is CC.CC(C)N1CCCC(C(F)(F)F)CC1. The lowest BCUT2D eigenvalue weighted by atomic mass is 10.0. The molecule has 1 heterocycles. The minimum absolute atomic E-state index is 0.266. The van der Waals surface area contributed by atoms with Gasteiger partial charge in [-0.15, -0.1) is 0 Å². The van der Waals surface area contributed by atoms with E-state index >= 15 is 0 Å². The molecule has 1 fully saturated rings. The summed E-state index contributed by atoms with van der Waals surface area (Å²) in [5.41, 5.74) is 0. The molecule has 1 aliphatic rings. The molecule has 1 saturated heterocycles. The van der Waals surface area contributed by atoms with E-state index in [0.717, 1.165) is 6.54 Å². The average molecular weight is 239 g/mol. The molecule has 0 radical (unpaired) electrons. The van der Waals surface area contributed by atoms with Crippen LogP contribution in [-0.4, -0.2) is 30.2 Å². The van der Waals surface area contributed by atoms with Crippen molar-refractivity contribution in [3.8, 4) is 0 Å². The predicted octanol–water partition coefficient (Wildman–Crippen LogP) is 4.09. The molecule has 0 saturated carbocycles. The topological polar surface area (TPSA) is 3.24 Å². The summed E-state index contributed by atoms with van der Waals surface area (Å²) < 4.78 is 37.3. The highest BCUT2D eigenvalue weighted by Crippen LogP contribution is 2.34. The first-order valence-corrected chi connectivity index (χ1v) is 6.22. The van der Waals surface area contributed by atoms with Crippen LogP contribution in [0, 0.1) is 5.92 Å². The van der Waals surface area contributed by atoms with Crippen molar-refractivity contribution in [3.63, 3.8) is 0 Å². The zero-order valence-corrected chi connectivity index (χ0v) is 10.8. The first-order chi connectivity index (χ1) is 7.41. The summed E-state index contributed by atoms with van der Waals surface area (Å²) in [7, 11) is 0. The second-order valence-corrected chi connectivity index (χ2v) is 4.30. The molecule has 1 nitrogen and oxygen atoms in total. The van der Waals surface area contributed by atoms with Crippen molar-refractivity contribution in [1.82, 2.24) is 4.90 Å². The Morgan fingerprint density at radius 1 is 1.06 bits per heavy atom. The maximum atomic E-state index is 12.4. The molecule has 4 heteroatoms. The molecule has 1 aliphatic heterocycles. The van der Waals surface area contributed by atoms with Crippen molar-refractivity contribution in [2.45, 2.75) is 59.2 Å². The van der Waals surface area contributed by atoms with Gasteiger partial charge < -0.3 is 4.90 Å². The van der Waals surface area contributed by atoms with E-state index in [0.29, 0.717) is 25.4 Å². The summed E-state index contributed by atoms with van der Waals surface area (Å²) in [5.74, 6) is -1.08. The maximum Gasteiger partial charge on any atom is 0.391 e. The van der Waals surface area contributed by atoms with Gasteiger partial charge in [-0.05, 0) is 46.2 Å². The Morgan fingerprint density at radius 3 is 2.06 bits per heavy atom. The molecular weight excluding hydrogens is 215 g/mol. The van der Waals surface area contributed by atoms with Crippen molar-refractivity contribution in [3.05, 3.63) is 0 Å². The lowest BCUT2D eigenvalue weighted by molar-refractivity contribution is -0.177. The molecule has 0 aromatic carbocycles. The molecular formula is C12H24F3N. The number of nitrogens with zero attached hydrogens (tertiary/aromatic N) is 1. The maximum absolute atomic E-state index is 12.4. The number of likely N-dealkylation sites (tertiary alicyclic amines) is 1. The minimum atomic E-state index is -3.99. The Labute approximate surface area is 97.0 Å². The summed E-state index contributed by atoms with van der Waals surface area (Å²) in [6.45, 7) is 9.47. The quantitative estimate of drug-likeness (QED) is 0.666. The number of rotatable bonds is 1. The summed E-state index contributed by atoms with van der Waals surface area (Å²) >= 11 is 0. The van der Waals surface area contributed by atoms with Gasteiger partial charge in [0.2, 0.25) is 0 Å². The third kappa shape index (κ3) is 5.19. The van der Waals surface area contributed by atoms with Crippen LogP contribution in [0.15, 0.2) is 0 Å². The molecule has 0 N–H and O–H groups in total. The van der Waals surface area contributed by atoms with E-state index < -0.39 is 12.1 Å². The van der Waals surface area contributed by atoms with Crippen LogP contribution in [0.3, 0.4) is 0 Å². The van der Waals surface area contributed by atoms with Crippen LogP contribution in [0.5, 0.6) is 0 Å². The molecule has 1 unspecified atom stereocenters. The summed E-state index contributed by atoms with van der Waals surface area (Å²) in [6.07, 6.45) is -2.76. The molecule has 1 rings (SSSR count). The van der Waals surface area contributed by atoms with Gasteiger partial charge in [-0.3, -0.25) is 0 Å². The van der Waals surface area contributed by atoms with Crippen molar-refractivity contribution in [2.24, 2.45) is 5.92 Å². The van der Waals surface area contributed by atoms with Gasteiger partial charge in [0.25, 0.3) is 0 Å². The fourth-order valence-electron chi connectivity index (χ4n) is 1.96. The van der Waals surface area contributed by atoms with E-state index in [1.54, 1.807) is 0 Å². The molecule has 0 bridgehead atoms. The highest BCUT2D eigenvalue weighted by molar-refractivity contribution is 4.76. The zero-order chi connectivity index (χ0) is 12.8. The lowest BCUT2D eigenvalue weighted by Gasteiger charge is -2.24. The lowest BCUT2D eigenvalue weighted by Crippen LogP contribution is -2.32. The van der Waals surface area contributed by atoms with Crippen molar-refractivity contribution >= 4 is 0 Å². The Hall–Kier alpha value is -0.250. The van der Waals surface area contributed by atoms with E-state index in [9.17, 15) is 13.2 Å². The Bertz CT molecular complexity index is 178. The van der Waals surface area contributed by atoms with Crippen LogP contribution in [0.2, 0.25) is 0 Å². The third-order valence-corrected chi connectivity index (χ3v) is 2.96. The van der Waals surface area contributed by atoms with Crippen LogP contribution in [0.4, 0.5) is 13.2 Å². The largest absolute Gasteiger partial charge is 0.391 e. The van der Waals surface area contributed by atoms with Crippen molar-refractivity contribution in [1.29, 1.82) is 0 Å². The number of hydrogen-bond donors (Lipinski definition) is 0. The molecule has 0 aromatic heterocycles. The standard InChI is InChI=1S/C10H18F3N.C2H6/c1-8(2)14-6-3-4-9(5-7-14)10(11,12)13;1-2/h8-9H,3-7H2,1-2H3;1-2H3. The first-order valence-electron chi connectivity index (χ1n) is 6.22. The summed E-state index contributed by atoms with van der Waals surface area (Å²) in [6, 6.07) is 0.363. The highest BCUT2D eigenvalue weighted by atomic mass is 19.4. The van der Waals surface area contributed by atoms with Crippen LogP contribution in [-0.2, 0) is 0 Å². The van der Waals surface area contributed by atoms with E-state index in [-0.39, 0.29) is 6.42 Å². The normalized spacial score (nSPS) is 23.6. The fourth-order valence-corrected chi connectivity index (χ4v) is 1.96. The highest BCUT2D eigenvalue weighted by Gasteiger charge is 2.39. The van der Waals surface area contributed by atoms with Crippen molar-refractivity contribution < 1.29 is 13.2 Å². The van der Waals surface area contributed by atoms with E-state index in [1.165, 1.54) is 0 Å². The molecule has 1 atom stereocenters. The Kier molecular flexibility index (Phi) is 7.04. The minimum Gasteiger partial charge on any atom is -0.301 e. The second-order valence-electron chi connectivity index (χ2n) is 4.30. The Morgan fingerprint density at radius 2 is 1.62 bits per heavy atom. The molecule has 98 valence electrons. The second kappa shape index (κ2) is 7.15. The monoisotopic (exact) mass is 239 g/mol. The third-order valence-electron chi connectivity index (χ3n) is 2.96. The molecule has 0 amide bonds. The smallest absolute Gasteiger partial charge is 0.301 e. The number of halogens is 3. The van der Waals surface area contributed by atoms with E-state index in [2.05, 4.69) is 4.90 Å². The van der Waals surface area contributed by atoms with Gasteiger partial charge in [0.1, 0.15) is 0 Å². The summed E-state index contributed by atoms with van der Waals surface area (Å²) in [5, 5.41) is 0. The first kappa shape index (κ1) is 15.8.